The summed E-state index contributed by atoms with van der Waals surface area (Å²) in [7, 11) is 0. The first-order chi connectivity index (χ1) is 11.6. The topological polar surface area (TPSA) is 71.8 Å². The minimum absolute atomic E-state index is 0.118. The molecule has 0 unspecified atom stereocenters. The van der Waals surface area contributed by atoms with Gasteiger partial charge in [0.05, 0.1) is 17.3 Å². The van der Waals surface area contributed by atoms with E-state index in [0.29, 0.717) is 18.1 Å². The molecule has 3 rings (SSSR count). The number of carbonyl (C=O) groups is 1. The molecule has 0 aliphatic carbocycles. The average molecular weight is 346 g/mol. The Labute approximate surface area is 142 Å². The van der Waals surface area contributed by atoms with Crippen LogP contribution < -0.4 is 10.6 Å². The van der Waals surface area contributed by atoms with Gasteiger partial charge in [-0.25, -0.2) is 9.18 Å². The van der Waals surface area contributed by atoms with E-state index in [0.717, 1.165) is 11.6 Å². The summed E-state index contributed by atoms with van der Waals surface area (Å²) in [6.45, 7) is 0.543. The predicted molar refractivity (Wildman–Crippen MR) is 89.6 cm³/mol. The van der Waals surface area contributed by atoms with Gasteiger partial charge in [-0.15, -0.1) is 0 Å². The summed E-state index contributed by atoms with van der Waals surface area (Å²) in [6.07, 6.45) is 5.19. The maximum Gasteiger partial charge on any atom is 0.324 e. The second kappa shape index (κ2) is 7.10. The zero-order valence-electron chi connectivity index (χ0n) is 12.4. The lowest BCUT2D eigenvalue weighted by Crippen LogP contribution is -2.20. The summed E-state index contributed by atoms with van der Waals surface area (Å²) in [4.78, 5) is 16.0. The largest absolute Gasteiger partial charge is 0.324 e. The number of amides is 2. The average Bonchev–Trinajstić information content (AvgIpc) is 2.98. The Kier molecular flexibility index (Phi) is 4.72. The summed E-state index contributed by atoms with van der Waals surface area (Å²) in [5, 5.41) is 9.49. The number of halogens is 2. The van der Waals surface area contributed by atoms with Gasteiger partial charge in [0, 0.05) is 24.7 Å². The molecule has 24 heavy (non-hydrogen) atoms. The maximum atomic E-state index is 13.0. The van der Waals surface area contributed by atoms with E-state index in [-0.39, 0.29) is 5.02 Å². The number of anilines is 2. The van der Waals surface area contributed by atoms with Crippen molar-refractivity contribution in [2.75, 3.05) is 10.6 Å². The molecule has 122 valence electrons. The third kappa shape index (κ3) is 4.08. The third-order valence-electron chi connectivity index (χ3n) is 3.13. The smallest absolute Gasteiger partial charge is 0.306 e. The minimum Gasteiger partial charge on any atom is -0.306 e. The van der Waals surface area contributed by atoms with Crippen LogP contribution in [0.15, 0.2) is 55.0 Å². The lowest BCUT2D eigenvalue weighted by atomic mass is 10.3. The molecule has 6 nitrogen and oxygen atoms in total. The third-order valence-corrected chi connectivity index (χ3v) is 3.44. The van der Waals surface area contributed by atoms with Crippen LogP contribution in [0.25, 0.3) is 0 Å². The van der Waals surface area contributed by atoms with Crippen LogP contribution in [0.2, 0.25) is 5.02 Å². The fourth-order valence-electron chi connectivity index (χ4n) is 2.06. The predicted octanol–water partition coefficient (Wildman–Crippen LogP) is 3.76. The number of nitrogens with zero attached hydrogens (tertiary/aromatic N) is 3. The molecule has 0 aliphatic heterocycles. The van der Waals surface area contributed by atoms with Crippen molar-refractivity contribution in [3.8, 4) is 0 Å². The van der Waals surface area contributed by atoms with Gasteiger partial charge in [-0.05, 0) is 29.8 Å². The van der Waals surface area contributed by atoms with Crippen molar-refractivity contribution in [1.82, 2.24) is 14.8 Å². The van der Waals surface area contributed by atoms with Crippen molar-refractivity contribution in [3.63, 3.8) is 0 Å². The minimum atomic E-state index is -0.518. The molecule has 2 heterocycles. The highest BCUT2D eigenvalue weighted by molar-refractivity contribution is 6.33. The zero-order valence-corrected chi connectivity index (χ0v) is 13.2. The van der Waals surface area contributed by atoms with Crippen molar-refractivity contribution in [3.05, 3.63) is 71.4 Å². The second-order valence-corrected chi connectivity index (χ2v) is 5.37. The van der Waals surface area contributed by atoms with Crippen LogP contribution in [0.4, 0.5) is 20.7 Å². The van der Waals surface area contributed by atoms with E-state index >= 15 is 0 Å². The second-order valence-electron chi connectivity index (χ2n) is 4.96. The number of hydrogen-bond acceptors (Lipinski definition) is 3. The van der Waals surface area contributed by atoms with Crippen molar-refractivity contribution in [2.24, 2.45) is 0 Å². The summed E-state index contributed by atoms with van der Waals surface area (Å²) in [5.74, 6) is -0.0882. The van der Waals surface area contributed by atoms with Gasteiger partial charge >= 0.3 is 6.03 Å². The van der Waals surface area contributed by atoms with Crippen molar-refractivity contribution >= 4 is 29.1 Å². The van der Waals surface area contributed by atoms with Gasteiger partial charge in [0.1, 0.15) is 5.82 Å². The number of nitrogens with one attached hydrogen (secondary N) is 2. The Balaban J connectivity index is 1.61. The van der Waals surface area contributed by atoms with Crippen molar-refractivity contribution in [2.45, 2.75) is 6.54 Å². The van der Waals surface area contributed by atoms with Crippen LogP contribution in [0.1, 0.15) is 5.56 Å². The molecule has 3 aromatic rings. The number of urea groups is 1. The van der Waals surface area contributed by atoms with Gasteiger partial charge < -0.3 is 5.32 Å². The van der Waals surface area contributed by atoms with E-state index in [4.69, 9.17) is 11.6 Å². The van der Waals surface area contributed by atoms with Crippen LogP contribution >= 0.6 is 11.6 Å². The van der Waals surface area contributed by atoms with E-state index in [1.165, 1.54) is 12.1 Å². The zero-order chi connectivity index (χ0) is 16.9. The van der Waals surface area contributed by atoms with Crippen molar-refractivity contribution in [1.29, 1.82) is 0 Å². The summed E-state index contributed by atoms with van der Waals surface area (Å²) in [5.41, 5.74) is 1.31. The normalized spacial score (nSPS) is 10.4. The number of benzene rings is 1. The monoisotopic (exact) mass is 345 g/mol. The van der Waals surface area contributed by atoms with E-state index in [2.05, 4.69) is 20.7 Å². The van der Waals surface area contributed by atoms with Gasteiger partial charge in [-0.3, -0.25) is 15.0 Å². The molecule has 0 saturated carbocycles. The molecule has 0 fully saturated rings. The Morgan fingerprint density at radius 3 is 2.88 bits per heavy atom. The highest BCUT2D eigenvalue weighted by Gasteiger charge is 2.08. The Morgan fingerprint density at radius 2 is 2.12 bits per heavy atom. The Hall–Kier alpha value is -2.93. The Bertz CT molecular complexity index is 853. The molecular formula is C16H13ClFN5O. The molecule has 0 spiro atoms. The number of hydrogen-bond donors (Lipinski definition) is 2. The van der Waals surface area contributed by atoms with E-state index in [1.807, 2.05) is 12.1 Å². The fraction of sp³-hybridized carbons (Fsp3) is 0.0625. The molecule has 0 radical (unpaired) electrons. The van der Waals surface area contributed by atoms with Gasteiger partial charge in [-0.1, -0.05) is 17.7 Å². The molecule has 0 atom stereocenters. The molecule has 2 amide bonds. The van der Waals surface area contributed by atoms with Crippen LogP contribution in [-0.4, -0.2) is 20.8 Å². The van der Waals surface area contributed by atoms with Crippen LogP contribution in [0.3, 0.4) is 0 Å². The number of carbonyl (C=O) groups excluding carboxylic acids is 1. The summed E-state index contributed by atoms with van der Waals surface area (Å²) < 4.78 is 14.7. The number of pyridine rings is 1. The van der Waals surface area contributed by atoms with Crippen LogP contribution in [-0.2, 0) is 6.54 Å². The van der Waals surface area contributed by atoms with E-state index < -0.39 is 11.8 Å². The molecule has 8 heteroatoms. The number of aromatic nitrogens is 3. The number of rotatable bonds is 4. The first kappa shape index (κ1) is 15.9. The lowest BCUT2D eigenvalue weighted by Gasteiger charge is -2.07. The lowest BCUT2D eigenvalue weighted by molar-refractivity contribution is 0.262. The maximum absolute atomic E-state index is 13.0. The first-order valence-corrected chi connectivity index (χ1v) is 7.43. The molecular weight excluding hydrogens is 333 g/mol. The van der Waals surface area contributed by atoms with Gasteiger partial charge in [0.15, 0.2) is 5.82 Å². The summed E-state index contributed by atoms with van der Waals surface area (Å²) >= 11 is 5.86. The molecule has 0 aliphatic rings. The molecule has 0 saturated heterocycles. The Morgan fingerprint density at radius 1 is 1.25 bits per heavy atom. The van der Waals surface area contributed by atoms with Crippen LogP contribution in [0, 0.1) is 5.82 Å². The van der Waals surface area contributed by atoms with E-state index in [1.54, 1.807) is 29.3 Å². The highest BCUT2D eigenvalue weighted by Crippen LogP contribution is 2.22. The highest BCUT2D eigenvalue weighted by atomic mass is 35.5. The molecule has 1 aromatic carbocycles. The molecule has 0 bridgehead atoms. The molecule has 2 N–H and O–H groups in total. The van der Waals surface area contributed by atoms with Gasteiger partial charge in [0.2, 0.25) is 0 Å². The van der Waals surface area contributed by atoms with E-state index in [9.17, 15) is 9.18 Å². The van der Waals surface area contributed by atoms with Gasteiger partial charge in [0.25, 0.3) is 0 Å². The first-order valence-electron chi connectivity index (χ1n) is 7.05. The van der Waals surface area contributed by atoms with Crippen molar-refractivity contribution < 1.29 is 9.18 Å². The molecule has 2 aromatic heterocycles. The fourth-order valence-corrected chi connectivity index (χ4v) is 2.27. The quantitative estimate of drug-likeness (QED) is 0.756. The van der Waals surface area contributed by atoms with Gasteiger partial charge in [-0.2, -0.15) is 5.10 Å². The standard InChI is InChI=1S/C16H13ClFN5O/c17-13-8-12(18)3-4-14(13)20-16(24)21-15-5-7-23(22-15)10-11-2-1-6-19-9-11/h1-9H,10H2,(H2,20,21,22,24). The SMILES string of the molecule is O=C(Nc1ccn(Cc2cccnc2)n1)Nc1ccc(F)cc1Cl. The van der Waals surface area contributed by atoms with Crippen LogP contribution in [0.5, 0.6) is 0 Å². The summed E-state index contributed by atoms with van der Waals surface area (Å²) in [6, 6.07) is 8.66.